The van der Waals surface area contributed by atoms with Crippen LogP contribution in [0.25, 0.3) is 5.00 Å². The monoisotopic (exact) mass is 251 g/mol. The first-order valence-corrected chi connectivity index (χ1v) is 6.25. The van der Waals surface area contributed by atoms with Crippen LogP contribution in [0.15, 0.2) is 12.1 Å². The molecule has 0 bridgehead atoms. The Morgan fingerprint density at radius 2 is 2.18 bits per heavy atom. The van der Waals surface area contributed by atoms with Gasteiger partial charge in [0.2, 0.25) is 0 Å². The molecular weight excluding hydrogens is 238 g/mol. The maximum absolute atomic E-state index is 10.8. The van der Waals surface area contributed by atoms with Crippen molar-refractivity contribution in [3.05, 3.63) is 28.7 Å². The molecule has 1 N–H and O–H groups in total. The first-order chi connectivity index (χ1) is 8.15. The number of rotatable bonds is 4. The lowest BCUT2D eigenvalue weighted by molar-refractivity contribution is 0.0702. The van der Waals surface area contributed by atoms with Crippen LogP contribution in [-0.4, -0.2) is 25.8 Å². The van der Waals surface area contributed by atoms with Crippen molar-refractivity contribution in [2.45, 2.75) is 26.7 Å². The van der Waals surface area contributed by atoms with E-state index >= 15 is 0 Å². The second-order valence-corrected chi connectivity index (χ2v) is 4.57. The summed E-state index contributed by atoms with van der Waals surface area (Å²) in [5, 5.41) is 14.1. The van der Waals surface area contributed by atoms with E-state index in [0.29, 0.717) is 4.88 Å². The van der Waals surface area contributed by atoms with E-state index in [-0.39, 0.29) is 0 Å². The SMILES string of the molecule is CCc1nc(CC)n(-c2ccc(C(=O)O)s2)n1. The van der Waals surface area contributed by atoms with E-state index in [4.69, 9.17) is 5.11 Å². The molecule has 0 aromatic carbocycles. The number of carboxylic acids is 1. The summed E-state index contributed by atoms with van der Waals surface area (Å²) in [4.78, 5) is 15.5. The minimum Gasteiger partial charge on any atom is -0.477 e. The fourth-order valence-corrected chi connectivity index (χ4v) is 2.32. The van der Waals surface area contributed by atoms with E-state index in [1.54, 1.807) is 16.8 Å². The number of carboxylic acid groups (broad SMARTS) is 1. The highest BCUT2D eigenvalue weighted by Gasteiger charge is 2.13. The Hall–Kier alpha value is -1.69. The number of aryl methyl sites for hydroxylation is 2. The number of hydrogen-bond acceptors (Lipinski definition) is 4. The maximum Gasteiger partial charge on any atom is 0.345 e. The van der Waals surface area contributed by atoms with E-state index in [2.05, 4.69) is 10.1 Å². The Labute approximate surface area is 103 Å². The van der Waals surface area contributed by atoms with Crippen LogP contribution in [0.1, 0.15) is 35.2 Å². The van der Waals surface area contributed by atoms with Crippen molar-refractivity contribution < 1.29 is 9.90 Å². The summed E-state index contributed by atoms with van der Waals surface area (Å²) in [5.41, 5.74) is 0. The molecule has 0 saturated carbocycles. The normalized spacial score (nSPS) is 10.7. The van der Waals surface area contributed by atoms with Gasteiger partial charge in [0.1, 0.15) is 15.7 Å². The third kappa shape index (κ3) is 2.21. The average Bonchev–Trinajstić information content (AvgIpc) is 2.94. The Morgan fingerprint density at radius 1 is 1.41 bits per heavy atom. The van der Waals surface area contributed by atoms with Crippen LogP contribution >= 0.6 is 11.3 Å². The summed E-state index contributed by atoms with van der Waals surface area (Å²) in [6.45, 7) is 4.00. The first-order valence-electron chi connectivity index (χ1n) is 5.44. The molecule has 2 heterocycles. The second kappa shape index (κ2) is 4.67. The maximum atomic E-state index is 10.8. The minimum atomic E-state index is -0.907. The van der Waals surface area contributed by atoms with Gasteiger partial charge in [-0.1, -0.05) is 13.8 Å². The van der Waals surface area contributed by atoms with E-state index < -0.39 is 5.97 Å². The summed E-state index contributed by atoms with van der Waals surface area (Å²) >= 11 is 1.21. The van der Waals surface area contributed by atoms with Crippen molar-refractivity contribution in [1.82, 2.24) is 14.8 Å². The van der Waals surface area contributed by atoms with Gasteiger partial charge in [0.05, 0.1) is 0 Å². The van der Waals surface area contributed by atoms with Gasteiger partial charge in [0.15, 0.2) is 5.82 Å². The number of hydrogen-bond donors (Lipinski definition) is 1. The smallest absolute Gasteiger partial charge is 0.345 e. The fourth-order valence-electron chi connectivity index (χ4n) is 1.50. The molecule has 0 fully saturated rings. The number of carbonyl (C=O) groups is 1. The Bertz CT molecular complexity index is 545. The van der Waals surface area contributed by atoms with Crippen molar-refractivity contribution in [1.29, 1.82) is 0 Å². The van der Waals surface area contributed by atoms with Crippen molar-refractivity contribution >= 4 is 17.3 Å². The van der Waals surface area contributed by atoms with Crippen LogP contribution < -0.4 is 0 Å². The molecule has 2 aromatic heterocycles. The zero-order valence-electron chi connectivity index (χ0n) is 9.67. The molecule has 5 nitrogen and oxygen atoms in total. The predicted octanol–water partition coefficient (Wildman–Crippen LogP) is 2.15. The van der Waals surface area contributed by atoms with Crippen LogP contribution in [0.2, 0.25) is 0 Å². The number of aromatic nitrogens is 3. The Morgan fingerprint density at radius 3 is 2.71 bits per heavy atom. The summed E-state index contributed by atoms with van der Waals surface area (Å²) < 4.78 is 1.73. The van der Waals surface area contributed by atoms with Crippen LogP contribution in [0.4, 0.5) is 0 Å². The van der Waals surface area contributed by atoms with E-state index in [0.717, 1.165) is 29.5 Å². The molecule has 2 rings (SSSR count). The van der Waals surface area contributed by atoms with Gasteiger partial charge < -0.3 is 5.11 Å². The van der Waals surface area contributed by atoms with Crippen LogP contribution in [0, 0.1) is 0 Å². The predicted molar refractivity (Wildman–Crippen MR) is 65.0 cm³/mol. The summed E-state index contributed by atoms with van der Waals surface area (Å²) in [6, 6.07) is 3.36. The lowest BCUT2D eigenvalue weighted by atomic mass is 10.4. The van der Waals surface area contributed by atoms with Gasteiger partial charge in [-0.3, -0.25) is 0 Å². The largest absolute Gasteiger partial charge is 0.477 e. The lowest BCUT2D eigenvalue weighted by Crippen LogP contribution is -1.99. The molecule has 0 radical (unpaired) electrons. The van der Waals surface area contributed by atoms with Gasteiger partial charge in [-0.15, -0.1) is 11.3 Å². The topological polar surface area (TPSA) is 68.0 Å². The molecule has 0 atom stereocenters. The van der Waals surface area contributed by atoms with Gasteiger partial charge >= 0.3 is 5.97 Å². The average molecular weight is 251 g/mol. The molecule has 6 heteroatoms. The molecule has 0 aliphatic heterocycles. The highest BCUT2D eigenvalue weighted by molar-refractivity contribution is 7.16. The van der Waals surface area contributed by atoms with Crippen molar-refractivity contribution in [2.75, 3.05) is 0 Å². The molecular formula is C11H13N3O2S. The third-order valence-corrected chi connectivity index (χ3v) is 3.41. The van der Waals surface area contributed by atoms with E-state index in [1.165, 1.54) is 11.3 Å². The molecule has 0 amide bonds. The highest BCUT2D eigenvalue weighted by atomic mass is 32.1. The van der Waals surface area contributed by atoms with Crippen molar-refractivity contribution in [3.8, 4) is 5.00 Å². The van der Waals surface area contributed by atoms with Crippen LogP contribution in [0.3, 0.4) is 0 Å². The van der Waals surface area contributed by atoms with Crippen molar-refractivity contribution in [3.63, 3.8) is 0 Å². The van der Waals surface area contributed by atoms with Crippen molar-refractivity contribution in [2.24, 2.45) is 0 Å². The summed E-state index contributed by atoms with van der Waals surface area (Å²) in [6.07, 6.45) is 1.55. The quantitative estimate of drug-likeness (QED) is 0.904. The molecule has 0 unspecified atom stereocenters. The number of aromatic carboxylic acids is 1. The minimum absolute atomic E-state index is 0.315. The van der Waals surface area contributed by atoms with E-state index in [9.17, 15) is 4.79 Å². The molecule has 90 valence electrons. The van der Waals surface area contributed by atoms with Gasteiger partial charge in [-0.25, -0.2) is 14.5 Å². The van der Waals surface area contributed by atoms with E-state index in [1.807, 2.05) is 13.8 Å². The molecule has 0 aliphatic rings. The Kier molecular flexibility index (Phi) is 3.23. The standard InChI is InChI=1S/C11H13N3O2S/c1-3-8-12-9(4-2)14(13-8)10-6-5-7(17-10)11(15)16/h5-6H,3-4H2,1-2H3,(H,15,16). The second-order valence-electron chi connectivity index (χ2n) is 3.51. The number of thiophene rings is 1. The summed E-state index contributed by atoms with van der Waals surface area (Å²) in [5.74, 6) is 0.739. The lowest BCUT2D eigenvalue weighted by Gasteiger charge is -1.98. The number of nitrogens with zero attached hydrogens (tertiary/aromatic N) is 3. The molecule has 17 heavy (non-hydrogen) atoms. The van der Waals surface area contributed by atoms with Gasteiger partial charge in [-0.2, -0.15) is 5.10 Å². The van der Waals surface area contributed by atoms with Gasteiger partial charge in [0, 0.05) is 12.8 Å². The molecule has 0 spiro atoms. The molecule has 0 saturated heterocycles. The molecule has 0 aliphatic carbocycles. The molecule has 2 aromatic rings. The van der Waals surface area contributed by atoms with Crippen LogP contribution in [-0.2, 0) is 12.8 Å². The highest BCUT2D eigenvalue weighted by Crippen LogP contribution is 2.21. The zero-order chi connectivity index (χ0) is 12.4. The third-order valence-electron chi connectivity index (χ3n) is 2.36. The van der Waals surface area contributed by atoms with Gasteiger partial charge in [0.25, 0.3) is 0 Å². The zero-order valence-corrected chi connectivity index (χ0v) is 10.5. The Balaban J connectivity index is 2.43. The fraction of sp³-hybridized carbons (Fsp3) is 0.364. The first kappa shape index (κ1) is 11.8. The van der Waals surface area contributed by atoms with Crippen LogP contribution in [0.5, 0.6) is 0 Å². The van der Waals surface area contributed by atoms with Gasteiger partial charge in [-0.05, 0) is 12.1 Å². The summed E-state index contributed by atoms with van der Waals surface area (Å²) in [7, 11) is 0.